The molecule has 11 heteroatoms. The fraction of sp³-hybridized carbons (Fsp3) is 0.100. The maximum atomic E-state index is 13.4. The van der Waals surface area contributed by atoms with Crippen molar-refractivity contribution in [3.63, 3.8) is 0 Å². The first-order chi connectivity index (χ1) is 14.6. The molecule has 1 aliphatic heterocycles. The van der Waals surface area contributed by atoms with Gasteiger partial charge >= 0.3 is 5.69 Å². The van der Waals surface area contributed by atoms with Gasteiger partial charge in [0.25, 0.3) is 0 Å². The highest BCUT2D eigenvalue weighted by Gasteiger charge is 2.25. The SMILES string of the molecule is CS(=O)(=O)c1c(Cl)ccc2c1N=CC2=Cc1[nH]c(=O)n(Cc2ccc(F)c(F)c2)c1O. The average Bonchev–Trinajstić information content (AvgIpc) is 3.19. The maximum absolute atomic E-state index is 13.4. The number of imidazole rings is 1. The van der Waals surface area contributed by atoms with Gasteiger partial charge in [-0.2, -0.15) is 0 Å². The molecule has 0 fully saturated rings. The van der Waals surface area contributed by atoms with E-state index in [9.17, 15) is 27.1 Å². The molecule has 0 spiro atoms. The summed E-state index contributed by atoms with van der Waals surface area (Å²) in [5, 5.41) is 10.5. The summed E-state index contributed by atoms with van der Waals surface area (Å²) in [7, 11) is -3.65. The number of aromatic amines is 1. The summed E-state index contributed by atoms with van der Waals surface area (Å²) < 4.78 is 51.7. The first-order valence-corrected chi connectivity index (χ1v) is 11.1. The number of H-pyrrole nitrogens is 1. The van der Waals surface area contributed by atoms with E-state index < -0.39 is 33.0 Å². The summed E-state index contributed by atoms with van der Waals surface area (Å²) in [4.78, 5) is 18.8. The molecule has 31 heavy (non-hydrogen) atoms. The van der Waals surface area contributed by atoms with Crippen LogP contribution in [0.15, 0.2) is 45.0 Å². The minimum absolute atomic E-state index is 0.0357. The van der Waals surface area contributed by atoms with Gasteiger partial charge in [0, 0.05) is 23.6 Å². The number of halogens is 3. The predicted octanol–water partition coefficient (Wildman–Crippen LogP) is 3.52. The van der Waals surface area contributed by atoms with E-state index in [-0.39, 0.29) is 33.4 Å². The van der Waals surface area contributed by atoms with Crippen molar-refractivity contribution in [3.8, 4) is 5.88 Å². The Labute approximate surface area is 179 Å². The van der Waals surface area contributed by atoms with E-state index in [2.05, 4.69) is 9.98 Å². The minimum atomic E-state index is -3.65. The summed E-state index contributed by atoms with van der Waals surface area (Å²) in [6, 6.07) is 6.17. The molecule has 0 bridgehead atoms. The van der Waals surface area contributed by atoms with Gasteiger partial charge in [-0.15, -0.1) is 0 Å². The van der Waals surface area contributed by atoms with Crippen molar-refractivity contribution < 1.29 is 22.3 Å². The van der Waals surface area contributed by atoms with Crippen LogP contribution in [0.5, 0.6) is 5.88 Å². The maximum Gasteiger partial charge on any atom is 0.329 e. The summed E-state index contributed by atoms with van der Waals surface area (Å²) in [6.45, 7) is -0.194. The van der Waals surface area contributed by atoms with Crippen molar-refractivity contribution in [3.05, 3.63) is 74.3 Å². The normalized spacial score (nSPS) is 14.4. The molecule has 160 valence electrons. The number of nitrogens with one attached hydrogen (secondary N) is 1. The lowest BCUT2D eigenvalue weighted by Gasteiger charge is -2.07. The molecule has 0 saturated carbocycles. The number of allylic oxidation sites excluding steroid dienone is 1. The summed E-state index contributed by atoms with van der Waals surface area (Å²) in [5.74, 6) is -2.52. The van der Waals surface area contributed by atoms with Crippen molar-refractivity contribution in [1.29, 1.82) is 0 Å². The van der Waals surface area contributed by atoms with Crippen LogP contribution in [-0.4, -0.2) is 35.5 Å². The van der Waals surface area contributed by atoms with Crippen LogP contribution in [0, 0.1) is 11.6 Å². The van der Waals surface area contributed by atoms with Gasteiger partial charge in [0.15, 0.2) is 21.5 Å². The number of hydrogen-bond acceptors (Lipinski definition) is 5. The second-order valence-electron chi connectivity index (χ2n) is 6.90. The zero-order chi connectivity index (χ0) is 22.5. The van der Waals surface area contributed by atoms with Crippen LogP contribution in [0.25, 0.3) is 11.6 Å². The van der Waals surface area contributed by atoms with Gasteiger partial charge in [-0.05, 0) is 29.8 Å². The lowest BCUT2D eigenvalue weighted by atomic mass is 10.1. The van der Waals surface area contributed by atoms with Crippen LogP contribution in [0.2, 0.25) is 5.02 Å². The molecule has 0 aliphatic carbocycles. The standard InChI is InChI=1S/C20H14ClF2N3O4S/c1-31(29,30)18-13(21)4-3-12-11(8-24-17(12)18)7-16-19(27)26(20(28)25-16)9-10-2-5-14(22)15(23)6-10/h2-8,27H,9H2,1H3,(H,25,28). The number of fused-ring (bicyclic) bond motifs is 1. The van der Waals surface area contributed by atoms with Crippen molar-refractivity contribution >= 4 is 45.0 Å². The first kappa shape index (κ1) is 21.0. The third-order valence-corrected chi connectivity index (χ3v) is 6.29. The van der Waals surface area contributed by atoms with Crippen LogP contribution < -0.4 is 5.69 Å². The fourth-order valence-electron chi connectivity index (χ4n) is 3.28. The Morgan fingerprint density at radius 1 is 1.23 bits per heavy atom. The number of nitrogens with zero attached hydrogens (tertiary/aromatic N) is 2. The lowest BCUT2D eigenvalue weighted by molar-refractivity contribution is 0.420. The fourth-order valence-corrected chi connectivity index (χ4v) is 4.79. The van der Waals surface area contributed by atoms with Gasteiger partial charge in [0.05, 0.1) is 17.3 Å². The molecular formula is C20H14ClF2N3O4S. The van der Waals surface area contributed by atoms with Crippen molar-refractivity contribution in [1.82, 2.24) is 9.55 Å². The second-order valence-corrected chi connectivity index (χ2v) is 9.26. The number of benzene rings is 2. The molecular weight excluding hydrogens is 452 g/mol. The third kappa shape index (κ3) is 3.79. The monoisotopic (exact) mass is 465 g/mol. The number of aromatic nitrogens is 2. The van der Waals surface area contributed by atoms with Gasteiger partial charge in [-0.1, -0.05) is 23.7 Å². The molecule has 1 aromatic heterocycles. The second kappa shape index (κ2) is 7.47. The number of sulfone groups is 1. The smallest absolute Gasteiger partial charge is 0.329 e. The van der Waals surface area contributed by atoms with Crippen LogP contribution in [0.3, 0.4) is 0 Å². The zero-order valence-electron chi connectivity index (χ0n) is 15.9. The van der Waals surface area contributed by atoms with Gasteiger partial charge in [0.2, 0.25) is 5.88 Å². The molecule has 0 radical (unpaired) electrons. The Balaban J connectivity index is 1.74. The van der Waals surface area contributed by atoms with Crippen LogP contribution >= 0.6 is 11.6 Å². The number of rotatable bonds is 4. The summed E-state index contributed by atoms with van der Waals surface area (Å²) >= 11 is 6.03. The molecule has 4 rings (SSSR count). The van der Waals surface area contributed by atoms with E-state index >= 15 is 0 Å². The Morgan fingerprint density at radius 2 is 1.97 bits per heavy atom. The molecule has 1 aliphatic rings. The largest absolute Gasteiger partial charge is 0.493 e. The Kier molecular flexibility index (Phi) is 5.06. The van der Waals surface area contributed by atoms with Gasteiger partial charge in [-0.3, -0.25) is 9.56 Å². The van der Waals surface area contributed by atoms with Crippen LogP contribution in [-0.2, 0) is 16.4 Å². The minimum Gasteiger partial charge on any atom is -0.493 e. The molecule has 0 saturated heterocycles. The molecule has 0 unspecified atom stereocenters. The number of aromatic hydroxyl groups is 1. The first-order valence-electron chi connectivity index (χ1n) is 8.80. The molecule has 2 heterocycles. The summed E-state index contributed by atoms with van der Waals surface area (Å²) in [6.07, 6.45) is 3.83. The van der Waals surface area contributed by atoms with Gasteiger partial charge in [-0.25, -0.2) is 22.0 Å². The predicted molar refractivity (Wildman–Crippen MR) is 113 cm³/mol. The Hall–Kier alpha value is -3.24. The quantitative estimate of drug-likeness (QED) is 0.615. The van der Waals surface area contributed by atoms with Gasteiger partial charge in [0.1, 0.15) is 10.6 Å². The number of aliphatic imine (C=N–C) groups is 1. The zero-order valence-corrected chi connectivity index (χ0v) is 17.4. The van der Waals surface area contributed by atoms with Crippen molar-refractivity contribution in [2.75, 3.05) is 6.26 Å². The lowest BCUT2D eigenvalue weighted by Crippen LogP contribution is -2.17. The van der Waals surface area contributed by atoms with Crippen LogP contribution in [0.1, 0.15) is 16.8 Å². The van der Waals surface area contributed by atoms with Crippen molar-refractivity contribution in [2.24, 2.45) is 4.99 Å². The molecule has 0 atom stereocenters. The topological polar surface area (TPSA) is 105 Å². The molecule has 3 aromatic rings. The Morgan fingerprint density at radius 3 is 2.65 bits per heavy atom. The molecule has 0 amide bonds. The van der Waals surface area contributed by atoms with E-state index in [0.717, 1.165) is 23.0 Å². The molecule has 7 nitrogen and oxygen atoms in total. The molecule has 2 N–H and O–H groups in total. The molecule has 2 aromatic carbocycles. The van der Waals surface area contributed by atoms with E-state index in [1.54, 1.807) is 6.07 Å². The van der Waals surface area contributed by atoms with E-state index in [1.807, 2.05) is 0 Å². The van der Waals surface area contributed by atoms with E-state index in [1.165, 1.54) is 24.4 Å². The van der Waals surface area contributed by atoms with Crippen molar-refractivity contribution in [2.45, 2.75) is 11.4 Å². The highest BCUT2D eigenvalue weighted by molar-refractivity contribution is 7.91. The van der Waals surface area contributed by atoms with E-state index in [4.69, 9.17) is 11.6 Å². The number of hydrogen-bond donors (Lipinski definition) is 2. The van der Waals surface area contributed by atoms with Crippen LogP contribution in [0.4, 0.5) is 14.5 Å². The highest BCUT2D eigenvalue weighted by atomic mass is 35.5. The highest BCUT2D eigenvalue weighted by Crippen LogP contribution is 2.41. The Bertz CT molecular complexity index is 1460. The average molecular weight is 466 g/mol. The van der Waals surface area contributed by atoms with E-state index in [0.29, 0.717) is 11.1 Å². The third-order valence-electron chi connectivity index (χ3n) is 4.71. The van der Waals surface area contributed by atoms with Gasteiger partial charge < -0.3 is 10.1 Å². The summed E-state index contributed by atoms with van der Waals surface area (Å²) in [5.41, 5.74) is 0.709.